The third kappa shape index (κ3) is 4.49. The van der Waals surface area contributed by atoms with Gasteiger partial charge in [-0.25, -0.2) is 0 Å². The number of hydrogen-bond donors (Lipinski definition) is 1. The van der Waals surface area contributed by atoms with Crippen LogP contribution in [0.5, 0.6) is 0 Å². The molecule has 0 bridgehead atoms. The van der Waals surface area contributed by atoms with Gasteiger partial charge in [0, 0.05) is 26.2 Å². The highest BCUT2D eigenvalue weighted by Crippen LogP contribution is 2.09. The minimum absolute atomic E-state index is 0.126. The topological polar surface area (TPSA) is 52.7 Å². The van der Waals surface area contributed by atoms with Crippen LogP contribution in [0.4, 0.5) is 0 Å². The summed E-state index contributed by atoms with van der Waals surface area (Å²) in [7, 11) is 0. The van der Waals surface area contributed by atoms with Gasteiger partial charge >= 0.3 is 0 Å². The van der Waals surface area contributed by atoms with Crippen LogP contribution in [0.25, 0.3) is 0 Å². The van der Waals surface area contributed by atoms with Crippen LogP contribution >= 0.6 is 0 Å². The predicted octanol–water partition coefficient (Wildman–Crippen LogP) is 0.601. The van der Waals surface area contributed by atoms with E-state index in [1.165, 1.54) is 12.8 Å². The van der Waals surface area contributed by atoms with E-state index < -0.39 is 0 Å². The van der Waals surface area contributed by atoms with Crippen LogP contribution in [0.1, 0.15) is 38.5 Å². The molecule has 0 aromatic carbocycles. The Bertz CT molecular complexity index is 306. The Hall–Kier alpha value is -1.10. The molecule has 2 fully saturated rings. The molecule has 0 atom stereocenters. The molecule has 2 aliphatic heterocycles. The molecule has 5 heteroatoms. The molecular weight excluding hydrogens is 242 g/mol. The summed E-state index contributed by atoms with van der Waals surface area (Å²) in [6, 6.07) is 0. The van der Waals surface area contributed by atoms with Crippen LogP contribution < -0.4 is 5.32 Å². The Morgan fingerprint density at radius 3 is 1.47 bits per heavy atom. The minimum Gasteiger partial charge on any atom is -0.342 e. The van der Waals surface area contributed by atoms with Crippen molar-refractivity contribution in [2.75, 3.05) is 39.3 Å². The van der Waals surface area contributed by atoms with E-state index in [2.05, 4.69) is 5.32 Å². The summed E-state index contributed by atoms with van der Waals surface area (Å²) in [6.07, 6.45) is 6.89. The van der Waals surface area contributed by atoms with Crippen molar-refractivity contribution in [2.24, 2.45) is 0 Å². The highest BCUT2D eigenvalue weighted by atomic mass is 16.2. The fraction of sp³-hybridized carbons (Fsp3) is 0.857. The predicted molar refractivity (Wildman–Crippen MR) is 73.7 cm³/mol. The molecule has 2 amide bonds. The van der Waals surface area contributed by atoms with Crippen LogP contribution in [0.2, 0.25) is 0 Å². The summed E-state index contributed by atoms with van der Waals surface area (Å²) in [5.74, 6) is 0.261. The summed E-state index contributed by atoms with van der Waals surface area (Å²) in [6.45, 7) is 4.08. The van der Waals surface area contributed by atoms with E-state index >= 15 is 0 Å². The van der Waals surface area contributed by atoms with Crippen molar-refractivity contribution in [1.29, 1.82) is 0 Å². The molecule has 2 saturated heterocycles. The van der Waals surface area contributed by atoms with Crippen molar-refractivity contribution in [3.63, 3.8) is 0 Å². The standard InChI is InChI=1S/C14H25N3O2/c18-13(16-7-3-1-2-4-8-16)11-15-12-14(19)17-9-5-6-10-17/h15H,1-12H2. The molecule has 2 aliphatic rings. The first kappa shape index (κ1) is 14.3. The summed E-state index contributed by atoms with van der Waals surface area (Å²) < 4.78 is 0. The zero-order valence-corrected chi connectivity index (χ0v) is 11.7. The van der Waals surface area contributed by atoms with E-state index in [4.69, 9.17) is 0 Å². The lowest BCUT2D eigenvalue weighted by molar-refractivity contribution is -0.131. The molecule has 0 saturated carbocycles. The molecule has 19 heavy (non-hydrogen) atoms. The van der Waals surface area contributed by atoms with Crippen LogP contribution in [0.15, 0.2) is 0 Å². The highest BCUT2D eigenvalue weighted by Gasteiger charge is 2.19. The number of rotatable bonds is 4. The van der Waals surface area contributed by atoms with E-state index in [-0.39, 0.29) is 11.8 Å². The first-order chi connectivity index (χ1) is 9.27. The first-order valence-corrected chi connectivity index (χ1v) is 7.53. The summed E-state index contributed by atoms with van der Waals surface area (Å²) >= 11 is 0. The highest BCUT2D eigenvalue weighted by molar-refractivity contribution is 5.81. The summed E-state index contributed by atoms with van der Waals surface area (Å²) in [5, 5.41) is 3.00. The fourth-order valence-electron chi connectivity index (χ4n) is 2.79. The van der Waals surface area contributed by atoms with E-state index in [9.17, 15) is 9.59 Å². The largest absolute Gasteiger partial charge is 0.342 e. The average Bonchev–Trinajstić information content (AvgIpc) is 2.81. The lowest BCUT2D eigenvalue weighted by Crippen LogP contribution is -2.42. The maximum atomic E-state index is 12.0. The fourth-order valence-corrected chi connectivity index (χ4v) is 2.79. The lowest BCUT2D eigenvalue weighted by atomic mass is 10.2. The number of carbonyl (C=O) groups is 2. The monoisotopic (exact) mass is 267 g/mol. The molecule has 0 aromatic rings. The van der Waals surface area contributed by atoms with E-state index in [1.807, 2.05) is 9.80 Å². The van der Waals surface area contributed by atoms with Gasteiger partial charge < -0.3 is 9.80 Å². The molecule has 0 aliphatic carbocycles. The third-order valence-corrected chi connectivity index (χ3v) is 3.97. The van der Waals surface area contributed by atoms with Gasteiger partial charge in [-0.2, -0.15) is 0 Å². The molecule has 0 spiro atoms. The van der Waals surface area contributed by atoms with Gasteiger partial charge in [-0.1, -0.05) is 12.8 Å². The SMILES string of the molecule is O=C(CNCC(=O)N1CCCC1)N1CCCCCC1. The smallest absolute Gasteiger partial charge is 0.236 e. The molecule has 0 aromatic heterocycles. The number of nitrogens with one attached hydrogen (secondary N) is 1. The van der Waals surface area contributed by atoms with Crippen molar-refractivity contribution in [3.05, 3.63) is 0 Å². The minimum atomic E-state index is 0.126. The van der Waals surface area contributed by atoms with Crippen molar-refractivity contribution in [2.45, 2.75) is 38.5 Å². The van der Waals surface area contributed by atoms with Gasteiger partial charge in [0.15, 0.2) is 0 Å². The van der Waals surface area contributed by atoms with Crippen molar-refractivity contribution in [3.8, 4) is 0 Å². The van der Waals surface area contributed by atoms with Crippen LogP contribution in [-0.4, -0.2) is 60.9 Å². The number of carbonyl (C=O) groups excluding carboxylic acids is 2. The molecule has 0 unspecified atom stereocenters. The molecule has 2 rings (SSSR count). The van der Waals surface area contributed by atoms with E-state index in [1.54, 1.807) is 0 Å². The van der Waals surface area contributed by atoms with Gasteiger partial charge in [-0.05, 0) is 25.7 Å². The number of nitrogens with zero attached hydrogens (tertiary/aromatic N) is 2. The summed E-state index contributed by atoms with van der Waals surface area (Å²) in [5.41, 5.74) is 0. The van der Waals surface area contributed by atoms with Gasteiger partial charge in [-0.15, -0.1) is 0 Å². The lowest BCUT2D eigenvalue weighted by Gasteiger charge is -2.21. The number of amides is 2. The maximum absolute atomic E-state index is 12.0. The molecule has 5 nitrogen and oxygen atoms in total. The van der Waals surface area contributed by atoms with Crippen molar-refractivity contribution >= 4 is 11.8 Å². The van der Waals surface area contributed by atoms with Gasteiger partial charge in [0.05, 0.1) is 13.1 Å². The Morgan fingerprint density at radius 2 is 1.05 bits per heavy atom. The van der Waals surface area contributed by atoms with Gasteiger partial charge in [-0.3, -0.25) is 14.9 Å². The van der Waals surface area contributed by atoms with Gasteiger partial charge in [0.2, 0.25) is 11.8 Å². The summed E-state index contributed by atoms with van der Waals surface area (Å²) in [4.78, 5) is 27.6. The van der Waals surface area contributed by atoms with Crippen molar-refractivity contribution in [1.82, 2.24) is 15.1 Å². The Morgan fingerprint density at radius 1 is 0.684 bits per heavy atom. The molecule has 0 radical (unpaired) electrons. The second-order valence-electron chi connectivity index (χ2n) is 5.49. The average molecular weight is 267 g/mol. The number of hydrogen-bond acceptors (Lipinski definition) is 3. The molecule has 2 heterocycles. The van der Waals surface area contributed by atoms with Gasteiger partial charge in [0.1, 0.15) is 0 Å². The normalized spacial score (nSPS) is 20.4. The Balaban J connectivity index is 1.63. The zero-order chi connectivity index (χ0) is 13.5. The van der Waals surface area contributed by atoms with Crippen molar-refractivity contribution < 1.29 is 9.59 Å². The first-order valence-electron chi connectivity index (χ1n) is 7.53. The molecule has 108 valence electrons. The molecular formula is C14H25N3O2. The van der Waals surface area contributed by atoms with Crippen LogP contribution in [0, 0.1) is 0 Å². The third-order valence-electron chi connectivity index (χ3n) is 3.97. The van der Waals surface area contributed by atoms with Crippen LogP contribution in [-0.2, 0) is 9.59 Å². The molecule has 1 N–H and O–H groups in total. The second-order valence-corrected chi connectivity index (χ2v) is 5.49. The second kappa shape index (κ2) is 7.48. The zero-order valence-electron chi connectivity index (χ0n) is 11.7. The van der Waals surface area contributed by atoms with E-state index in [0.29, 0.717) is 13.1 Å². The Labute approximate surface area is 115 Å². The maximum Gasteiger partial charge on any atom is 0.236 e. The van der Waals surface area contributed by atoms with E-state index in [0.717, 1.165) is 51.9 Å². The quantitative estimate of drug-likeness (QED) is 0.811. The Kier molecular flexibility index (Phi) is 5.63. The number of likely N-dealkylation sites (tertiary alicyclic amines) is 2. The van der Waals surface area contributed by atoms with Gasteiger partial charge in [0.25, 0.3) is 0 Å². The van der Waals surface area contributed by atoms with Crippen LogP contribution in [0.3, 0.4) is 0 Å².